The Morgan fingerprint density at radius 1 is 1.32 bits per heavy atom. The molecule has 2 N–H and O–H groups in total. The van der Waals surface area contributed by atoms with Gasteiger partial charge in [-0.15, -0.1) is 0 Å². The topological polar surface area (TPSA) is 114 Å². The number of ether oxygens (including phenoxy) is 3. The number of unbranched alkanes of at least 4 members (excludes halogenated alkanes) is 1. The van der Waals surface area contributed by atoms with Crippen LogP contribution in [0.4, 0.5) is 0 Å². The molecule has 0 unspecified atom stereocenters. The largest absolute Gasteiger partial charge is 0.494 e. The molecule has 0 saturated carbocycles. The summed E-state index contributed by atoms with van der Waals surface area (Å²) in [5.41, 5.74) is 1.54. The molecule has 9 nitrogen and oxygen atoms in total. The molecule has 1 aromatic rings. The van der Waals surface area contributed by atoms with E-state index in [-0.39, 0.29) is 17.9 Å². The molecule has 3 rings (SSSR count). The van der Waals surface area contributed by atoms with E-state index >= 15 is 0 Å². The molecule has 0 radical (unpaired) electrons. The average Bonchev–Trinajstić information content (AvgIpc) is 3.08. The van der Waals surface area contributed by atoms with E-state index in [1.54, 1.807) is 17.6 Å². The van der Waals surface area contributed by atoms with Gasteiger partial charge in [-0.05, 0) is 37.1 Å². The van der Waals surface area contributed by atoms with Gasteiger partial charge in [0.05, 0.1) is 31.3 Å². The number of carbonyl (C=O) groups is 1. The van der Waals surface area contributed by atoms with E-state index < -0.39 is 27.8 Å². The van der Waals surface area contributed by atoms with Gasteiger partial charge in [0.1, 0.15) is 11.8 Å². The minimum atomic E-state index is -4.01. The molecule has 156 valence electrons. The number of nitrogens with zero attached hydrogens (tertiary/aromatic N) is 1. The van der Waals surface area contributed by atoms with Gasteiger partial charge >= 0.3 is 0 Å². The van der Waals surface area contributed by atoms with Crippen molar-refractivity contribution in [2.24, 2.45) is 0 Å². The van der Waals surface area contributed by atoms with Gasteiger partial charge in [0.15, 0.2) is 5.79 Å². The van der Waals surface area contributed by atoms with Crippen LogP contribution in [0.3, 0.4) is 0 Å². The van der Waals surface area contributed by atoms with Crippen molar-refractivity contribution in [2.75, 3.05) is 26.4 Å². The Bertz CT molecular complexity index is 776. The first-order valence-corrected chi connectivity index (χ1v) is 10.8. The average molecular weight is 414 g/mol. The summed E-state index contributed by atoms with van der Waals surface area (Å²) in [4.78, 5) is 12.2. The summed E-state index contributed by atoms with van der Waals surface area (Å²) in [6.07, 6.45) is 2.62. The minimum absolute atomic E-state index is 0.0107. The molecule has 1 aromatic carbocycles. The van der Waals surface area contributed by atoms with Crippen molar-refractivity contribution in [3.8, 4) is 5.75 Å². The molecule has 1 atom stereocenters. The summed E-state index contributed by atoms with van der Waals surface area (Å²) >= 11 is 0. The SMILES string of the molecule is CCCCOc1ccc(S(=O)(=O)N2CC3(C[C@@H]2C(=O)NO)OCCCO3)cc1. The van der Waals surface area contributed by atoms with Gasteiger partial charge in [0.25, 0.3) is 5.91 Å². The van der Waals surface area contributed by atoms with E-state index in [0.29, 0.717) is 32.0 Å². The Labute approximate surface area is 164 Å². The number of benzene rings is 1. The molecule has 1 spiro atoms. The van der Waals surface area contributed by atoms with Crippen LogP contribution in [0.25, 0.3) is 0 Å². The highest BCUT2D eigenvalue weighted by atomic mass is 32.2. The molecular weight excluding hydrogens is 388 g/mol. The van der Waals surface area contributed by atoms with Crippen LogP contribution >= 0.6 is 0 Å². The highest BCUT2D eigenvalue weighted by Gasteiger charge is 2.54. The summed E-state index contributed by atoms with van der Waals surface area (Å²) in [6, 6.07) is 4.93. The molecule has 0 bridgehead atoms. The van der Waals surface area contributed by atoms with Crippen LogP contribution in [0.2, 0.25) is 0 Å². The molecule has 2 aliphatic rings. The monoisotopic (exact) mass is 414 g/mol. The van der Waals surface area contributed by atoms with Crippen LogP contribution in [-0.2, 0) is 24.3 Å². The smallest absolute Gasteiger partial charge is 0.261 e. The highest BCUT2D eigenvalue weighted by Crippen LogP contribution is 2.37. The van der Waals surface area contributed by atoms with E-state index in [9.17, 15) is 13.2 Å². The van der Waals surface area contributed by atoms with Crippen LogP contribution < -0.4 is 10.2 Å². The van der Waals surface area contributed by atoms with E-state index in [1.165, 1.54) is 12.1 Å². The third-order valence-electron chi connectivity index (χ3n) is 4.88. The first-order chi connectivity index (χ1) is 13.4. The van der Waals surface area contributed by atoms with Gasteiger partial charge in [-0.25, -0.2) is 13.9 Å². The molecule has 0 aromatic heterocycles. The summed E-state index contributed by atoms with van der Waals surface area (Å²) in [7, 11) is -4.01. The molecule has 1 amide bonds. The van der Waals surface area contributed by atoms with Gasteiger partial charge in [-0.1, -0.05) is 13.3 Å². The summed E-state index contributed by atoms with van der Waals surface area (Å²) in [5.74, 6) is -1.42. The maximum atomic E-state index is 13.2. The Balaban J connectivity index is 1.82. The Morgan fingerprint density at radius 3 is 2.61 bits per heavy atom. The van der Waals surface area contributed by atoms with Crippen LogP contribution in [-0.4, -0.2) is 62.0 Å². The van der Waals surface area contributed by atoms with Crippen LogP contribution in [0.5, 0.6) is 5.75 Å². The predicted molar refractivity (Wildman–Crippen MR) is 98.3 cm³/mol. The fourth-order valence-electron chi connectivity index (χ4n) is 3.36. The first-order valence-electron chi connectivity index (χ1n) is 9.38. The second-order valence-corrected chi connectivity index (χ2v) is 8.77. The minimum Gasteiger partial charge on any atom is -0.494 e. The van der Waals surface area contributed by atoms with Crippen molar-refractivity contribution in [3.63, 3.8) is 0 Å². The Hall–Kier alpha value is -1.72. The maximum Gasteiger partial charge on any atom is 0.261 e. The Kier molecular flexibility index (Phi) is 6.56. The lowest BCUT2D eigenvalue weighted by atomic mass is 10.1. The van der Waals surface area contributed by atoms with Crippen molar-refractivity contribution < 1.29 is 32.6 Å². The second kappa shape index (κ2) is 8.75. The predicted octanol–water partition coefficient (Wildman–Crippen LogP) is 1.27. The fourth-order valence-corrected chi connectivity index (χ4v) is 4.99. The van der Waals surface area contributed by atoms with Crippen molar-refractivity contribution in [2.45, 2.75) is 49.3 Å². The van der Waals surface area contributed by atoms with Crippen molar-refractivity contribution >= 4 is 15.9 Å². The second-order valence-electron chi connectivity index (χ2n) is 6.88. The van der Waals surface area contributed by atoms with Crippen molar-refractivity contribution in [3.05, 3.63) is 24.3 Å². The standard InChI is InChI=1S/C18H26N2O7S/c1-2-3-9-25-14-5-7-15(8-6-14)28(23,24)20-13-18(26-10-4-11-27-18)12-16(20)17(21)19-22/h5-8,16,22H,2-4,9-13H2,1H3,(H,19,21)/t16-/m1/s1. The molecule has 2 heterocycles. The molecule has 2 fully saturated rings. The van der Waals surface area contributed by atoms with Crippen molar-refractivity contribution in [1.82, 2.24) is 9.79 Å². The molecule has 10 heteroatoms. The quantitative estimate of drug-likeness (QED) is 0.392. The number of hydroxylamine groups is 1. The first kappa shape index (κ1) is 21.0. The lowest BCUT2D eigenvalue weighted by Crippen LogP contribution is -2.45. The molecular formula is C18H26N2O7S. The highest BCUT2D eigenvalue weighted by molar-refractivity contribution is 7.89. The lowest BCUT2D eigenvalue weighted by Gasteiger charge is -2.33. The zero-order valence-electron chi connectivity index (χ0n) is 15.8. The summed E-state index contributed by atoms with van der Waals surface area (Å²) in [6.45, 7) is 3.34. The number of amides is 1. The van der Waals surface area contributed by atoms with Gasteiger partial charge in [-0.3, -0.25) is 10.0 Å². The van der Waals surface area contributed by atoms with E-state index in [2.05, 4.69) is 6.92 Å². The lowest BCUT2D eigenvalue weighted by molar-refractivity contribution is -0.256. The van der Waals surface area contributed by atoms with Crippen molar-refractivity contribution in [1.29, 1.82) is 0 Å². The van der Waals surface area contributed by atoms with Crippen LogP contribution in [0.15, 0.2) is 29.2 Å². The van der Waals surface area contributed by atoms with E-state index in [0.717, 1.165) is 17.1 Å². The third kappa shape index (κ3) is 4.31. The zero-order valence-corrected chi connectivity index (χ0v) is 16.6. The number of hydrogen-bond donors (Lipinski definition) is 2. The van der Waals surface area contributed by atoms with Gasteiger partial charge in [-0.2, -0.15) is 4.31 Å². The normalized spacial score (nSPS) is 22.3. The summed E-state index contributed by atoms with van der Waals surface area (Å²) < 4.78 is 44.3. The number of carbonyl (C=O) groups excluding carboxylic acids is 1. The van der Waals surface area contributed by atoms with Gasteiger partial charge < -0.3 is 14.2 Å². The number of hydrogen-bond acceptors (Lipinski definition) is 7. The Morgan fingerprint density at radius 2 is 2.00 bits per heavy atom. The molecule has 2 aliphatic heterocycles. The van der Waals surface area contributed by atoms with Gasteiger partial charge in [0.2, 0.25) is 10.0 Å². The van der Waals surface area contributed by atoms with E-state index in [4.69, 9.17) is 19.4 Å². The maximum absolute atomic E-state index is 13.2. The summed E-state index contributed by atoms with van der Waals surface area (Å²) in [5, 5.41) is 9.06. The molecule has 0 aliphatic carbocycles. The van der Waals surface area contributed by atoms with Crippen LogP contribution in [0, 0.1) is 0 Å². The molecule has 28 heavy (non-hydrogen) atoms. The molecule has 2 saturated heterocycles. The fraction of sp³-hybridized carbons (Fsp3) is 0.611. The number of sulfonamides is 1. The zero-order chi connectivity index (χ0) is 20.2. The van der Waals surface area contributed by atoms with Crippen LogP contribution in [0.1, 0.15) is 32.6 Å². The number of rotatable bonds is 7. The van der Waals surface area contributed by atoms with Gasteiger partial charge in [0, 0.05) is 6.42 Å². The number of nitrogens with one attached hydrogen (secondary N) is 1. The third-order valence-corrected chi connectivity index (χ3v) is 6.75. The van der Waals surface area contributed by atoms with E-state index in [1.807, 2.05) is 0 Å².